The molecule has 4 rings (SSSR count). The maximum Gasteiger partial charge on any atom is 0.259 e. The molecule has 170 valence electrons. The number of aromatic nitrogens is 1. The average Bonchev–Trinajstić information content (AvgIpc) is 2.88. The normalized spacial score (nSPS) is 11.1. The highest BCUT2D eigenvalue weighted by Crippen LogP contribution is 2.31. The van der Waals surface area contributed by atoms with Gasteiger partial charge in [0.15, 0.2) is 0 Å². The van der Waals surface area contributed by atoms with Crippen LogP contribution in [0, 0.1) is 0 Å². The number of para-hydroxylation sites is 2. The maximum atomic E-state index is 14.1. The first kappa shape index (κ1) is 22.8. The lowest BCUT2D eigenvalue weighted by atomic mass is 10.0. The van der Waals surface area contributed by atoms with Crippen molar-refractivity contribution in [2.45, 2.75) is 13.5 Å². The average molecular weight is 451 g/mol. The largest absolute Gasteiger partial charge is 0.506 e. The first-order chi connectivity index (χ1) is 16.7. The number of benzene rings is 3. The van der Waals surface area contributed by atoms with Crippen molar-refractivity contribution in [2.75, 3.05) is 11.5 Å². The Bertz CT molecular complexity index is 1250. The number of carbonyl (C=O) groups excluding carboxylic acids is 1. The van der Waals surface area contributed by atoms with E-state index < -0.39 is 0 Å². The Morgan fingerprint density at radius 2 is 1.62 bits per heavy atom. The molecule has 5 heteroatoms. The van der Waals surface area contributed by atoms with Gasteiger partial charge in [0.1, 0.15) is 11.5 Å². The van der Waals surface area contributed by atoms with Crippen LogP contribution in [0.1, 0.15) is 23.7 Å². The van der Waals surface area contributed by atoms with Gasteiger partial charge in [-0.3, -0.25) is 14.7 Å². The smallest absolute Gasteiger partial charge is 0.259 e. The molecule has 0 spiro atoms. The number of phenolic OH excluding ortho intramolecular Hbond substituents is 1. The van der Waals surface area contributed by atoms with Crippen molar-refractivity contribution >= 4 is 23.2 Å². The Kier molecular flexibility index (Phi) is 7.35. The van der Waals surface area contributed by atoms with Gasteiger partial charge in [-0.15, -0.1) is 0 Å². The van der Waals surface area contributed by atoms with E-state index in [2.05, 4.69) is 4.98 Å². The Hall–Kier alpha value is -4.38. The van der Waals surface area contributed by atoms with E-state index >= 15 is 0 Å². The van der Waals surface area contributed by atoms with E-state index in [4.69, 9.17) is 4.74 Å². The van der Waals surface area contributed by atoms with Crippen molar-refractivity contribution in [3.05, 3.63) is 120 Å². The van der Waals surface area contributed by atoms with Gasteiger partial charge in [0, 0.05) is 11.8 Å². The fourth-order valence-corrected chi connectivity index (χ4v) is 3.64. The quantitative estimate of drug-likeness (QED) is 0.266. The Morgan fingerprint density at radius 1 is 0.912 bits per heavy atom. The number of amides is 1. The van der Waals surface area contributed by atoms with Crippen LogP contribution in [0.25, 0.3) is 11.6 Å². The highest BCUT2D eigenvalue weighted by Gasteiger charge is 2.24. The van der Waals surface area contributed by atoms with Crippen molar-refractivity contribution in [1.29, 1.82) is 0 Å². The molecule has 1 N–H and O–H groups in total. The highest BCUT2D eigenvalue weighted by atomic mass is 16.5. The number of carbonyl (C=O) groups is 1. The molecule has 0 aliphatic heterocycles. The second-order valence-electron chi connectivity index (χ2n) is 7.63. The molecular formula is C29H26N2O3. The van der Waals surface area contributed by atoms with E-state index in [1.165, 1.54) is 0 Å². The lowest BCUT2D eigenvalue weighted by molar-refractivity contribution is -0.113. The first-order valence-electron chi connectivity index (χ1n) is 11.2. The lowest BCUT2D eigenvalue weighted by Gasteiger charge is -2.25. The molecular weight excluding hydrogens is 424 g/mol. The number of hydrogen-bond donors (Lipinski definition) is 1. The fourth-order valence-electron chi connectivity index (χ4n) is 3.64. The summed E-state index contributed by atoms with van der Waals surface area (Å²) in [5.41, 5.74) is 3.29. The molecule has 0 aliphatic carbocycles. The van der Waals surface area contributed by atoms with Crippen LogP contribution in [0.15, 0.2) is 103 Å². The molecule has 0 saturated carbocycles. The molecule has 1 amide bonds. The molecule has 1 aromatic heterocycles. The molecule has 0 radical (unpaired) electrons. The summed E-state index contributed by atoms with van der Waals surface area (Å²) in [7, 11) is 0. The number of hydrogen-bond acceptors (Lipinski definition) is 4. The van der Waals surface area contributed by atoms with Gasteiger partial charge in [-0.1, -0.05) is 60.7 Å². The van der Waals surface area contributed by atoms with Crippen LogP contribution < -0.4 is 9.64 Å². The highest BCUT2D eigenvalue weighted by molar-refractivity contribution is 6.30. The number of nitrogens with zero attached hydrogens (tertiary/aromatic N) is 2. The minimum Gasteiger partial charge on any atom is -0.506 e. The van der Waals surface area contributed by atoms with Crippen LogP contribution >= 0.6 is 0 Å². The molecule has 3 aromatic carbocycles. The third-order valence-electron chi connectivity index (χ3n) is 5.28. The van der Waals surface area contributed by atoms with Gasteiger partial charge in [-0.2, -0.15) is 0 Å². The predicted octanol–water partition coefficient (Wildman–Crippen LogP) is 5.96. The van der Waals surface area contributed by atoms with Crippen molar-refractivity contribution in [3.8, 4) is 11.5 Å². The SMILES string of the molecule is CCOc1ccc(/C=C(/C(=O)N(Cc2ccccn2)c2ccccc2O)c2ccccc2)cc1. The number of phenols is 1. The number of anilines is 1. The van der Waals surface area contributed by atoms with Crippen LogP contribution in [-0.2, 0) is 11.3 Å². The molecule has 0 aliphatic rings. The molecule has 34 heavy (non-hydrogen) atoms. The Labute approximate surface area is 199 Å². The van der Waals surface area contributed by atoms with Gasteiger partial charge in [-0.05, 0) is 60.5 Å². The van der Waals surface area contributed by atoms with Gasteiger partial charge in [-0.25, -0.2) is 0 Å². The Balaban J connectivity index is 1.79. The standard InChI is InChI=1S/C29H26N2O3/c1-2-34-25-17-15-22(16-18-25)20-26(23-10-4-3-5-11-23)29(33)31(21-24-12-8-9-19-30-24)27-13-6-7-14-28(27)32/h3-20,32H,2,21H2,1H3/b26-20+. The molecule has 0 fully saturated rings. The molecule has 0 bridgehead atoms. The van der Waals surface area contributed by atoms with Crippen molar-refractivity contribution in [3.63, 3.8) is 0 Å². The fraction of sp³-hybridized carbons (Fsp3) is 0.103. The molecule has 0 unspecified atom stereocenters. The van der Waals surface area contributed by atoms with Crippen molar-refractivity contribution in [1.82, 2.24) is 4.98 Å². The molecule has 0 atom stereocenters. The maximum absolute atomic E-state index is 14.1. The summed E-state index contributed by atoms with van der Waals surface area (Å²) in [5, 5.41) is 10.6. The van der Waals surface area contributed by atoms with Gasteiger partial charge >= 0.3 is 0 Å². The zero-order chi connectivity index (χ0) is 23.8. The zero-order valence-corrected chi connectivity index (χ0v) is 19.0. The topological polar surface area (TPSA) is 62.7 Å². The van der Waals surface area contributed by atoms with Crippen LogP contribution in [0.4, 0.5) is 5.69 Å². The molecule has 1 heterocycles. The third kappa shape index (κ3) is 5.51. The van der Waals surface area contributed by atoms with E-state index in [0.717, 1.165) is 16.9 Å². The predicted molar refractivity (Wildman–Crippen MR) is 135 cm³/mol. The molecule has 4 aromatic rings. The number of ether oxygens (including phenoxy) is 1. The van der Waals surface area contributed by atoms with Crippen LogP contribution in [0.5, 0.6) is 11.5 Å². The van der Waals surface area contributed by atoms with Crippen LogP contribution in [-0.4, -0.2) is 22.6 Å². The second kappa shape index (κ2) is 11.0. The lowest BCUT2D eigenvalue weighted by Crippen LogP contribution is -2.31. The summed E-state index contributed by atoms with van der Waals surface area (Å²) in [6.45, 7) is 2.74. The summed E-state index contributed by atoms with van der Waals surface area (Å²) < 4.78 is 5.54. The van der Waals surface area contributed by atoms with Gasteiger partial charge in [0.25, 0.3) is 5.91 Å². The summed E-state index contributed by atoms with van der Waals surface area (Å²) in [5.74, 6) is 0.561. The van der Waals surface area contributed by atoms with E-state index in [9.17, 15) is 9.90 Å². The second-order valence-corrected chi connectivity index (χ2v) is 7.63. The third-order valence-corrected chi connectivity index (χ3v) is 5.28. The number of pyridine rings is 1. The summed E-state index contributed by atoms with van der Waals surface area (Å²) in [6, 6.07) is 29.5. The minimum absolute atomic E-state index is 0.0280. The van der Waals surface area contributed by atoms with Crippen molar-refractivity contribution in [2.24, 2.45) is 0 Å². The van der Waals surface area contributed by atoms with Gasteiger partial charge < -0.3 is 9.84 Å². The minimum atomic E-state index is -0.243. The van der Waals surface area contributed by atoms with E-state index in [1.54, 1.807) is 35.4 Å². The van der Waals surface area contributed by atoms with Gasteiger partial charge in [0.2, 0.25) is 0 Å². The molecule has 0 saturated heterocycles. The number of rotatable bonds is 8. The van der Waals surface area contributed by atoms with Gasteiger partial charge in [0.05, 0.1) is 24.5 Å². The van der Waals surface area contributed by atoms with Crippen molar-refractivity contribution < 1.29 is 14.6 Å². The summed E-state index contributed by atoms with van der Waals surface area (Å²) >= 11 is 0. The number of aromatic hydroxyl groups is 1. The monoisotopic (exact) mass is 450 g/mol. The van der Waals surface area contributed by atoms with E-state index in [-0.39, 0.29) is 18.2 Å². The van der Waals surface area contributed by atoms with E-state index in [1.807, 2.05) is 85.8 Å². The molecule has 5 nitrogen and oxygen atoms in total. The summed E-state index contributed by atoms with van der Waals surface area (Å²) in [6.07, 6.45) is 3.55. The van der Waals surface area contributed by atoms with Crippen LogP contribution in [0.2, 0.25) is 0 Å². The first-order valence-corrected chi connectivity index (χ1v) is 11.2. The Morgan fingerprint density at radius 3 is 2.29 bits per heavy atom. The summed E-state index contributed by atoms with van der Waals surface area (Å²) in [4.78, 5) is 20.0. The van der Waals surface area contributed by atoms with Crippen LogP contribution in [0.3, 0.4) is 0 Å². The zero-order valence-electron chi connectivity index (χ0n) is 19.0. The van der Waals surface area contributed by atoms with E-state index in [0.29, 0.717) is 23.6 Å².